The maximum absolute atomic E-state index is 12.6. The summed E-state index contributed by atoms with van der Waals surface area (Å²) in [4.78, 5) is 12.6. The van der Waals surface area contributed by atoms with Crippen LogP contribution in [0.5, 0.6) is 11.5 Å². The van der Waals surface area contributed by atoms with Crippen LogP contribution in [0, 0.1) is 6.92 Å². The molecule has 0 unspecified atom stereocenters. The first kappa shape index (κ1) is 17.1. The van der Waals surface area contributed by atoms with Crippen LogP contribution in [0.25, 0.3) is 11.0 Å². The van der Waals surface area contributed by atoms with E-state index in [-0.39, 0.29) is 5.78 Å². The Balaban J connectivity index is 1.45. The first-order chi connectivity index (χ1) is 13.2. The second-order valence-corrected chi connectivity index (χ2v) is 6.66. The molecule has 3 nitrogen and oxygen atoms in total. The summed E-state index contributed by atoms with van der Waals surface area (Å²) in [6, 6.07) is 23.4. The fraction of sp³-hybridized carbons (Fsp3) is 0.125. The number of ketones is 1. The third-order valence-electron chi connectivity index (χ3n) is 4.56. The van der Waals surface area contributed by atoms with Crippen LogP contribution in [-0.2, 0) is 17.6 Å². The van der Waals surface area contributed by atoms with Gasteiger partial charge >= 0.3 is 0 Å². The van der Waals surface area contributed by atoms with Crippen molar-refractivity contribution in [3.05, 3.63) is 95.7 Å². The van der Waals surface area contributed by atoms with E-state index >= 15 is 0 Å². The highest BCUT2D eigenvalue weighted by Crippen LogP contribution is 2.26. The third-order valence-corrected chi connectivity index (χ3v) is 4.56. The number of aryl methyl sites for hydroxylation is 1. The molecule has 3 aromatic carbocycles. The minimum absolute atomic E-state index is 0.162. The van der Waals surface area contributed by atoms with E-state index in [2.05, 4.69) is 0 Å². The van der Waals surface area contributed by atoms with Gasteiger partial charge in [0.05, 0.1) is 6.26 Å². The molecule has 0 N–H and O–H groups in total. The van der Waals surface area contributed by atoms with Gasteiger partial charge in [-0.1, -0.05) is 48.5 Å². The van der Waals surface area contributed by atoms with Crippen molar-refractivity contribution in [2.75, 3.05) is 0 Å². The Morgan fingerprint density at radius 2 is 1.78 bits per heavy atom. The Morgan fingerprint density at radius 3 is 2.59 bits per heavy atom. The minimum atomic E-state index is 0.162. The van der Waals surface area contributed by atoms with Crippen LogP contribution in [-0.4, -0.2) is 5.78 Å². The molecule has 4 aromatic rings. The second kappa shape index (κ2) is 7.50. The van der Waals surface area contributed by atoms with E-state index in [9.17, 15) is 4.79 Å². The van der Waals surface area contributed by atoms with E-state index in [1.165, 1.54) is 0 Å². The van der Waals surface area contributed by atoms with Crippen molar-refractivity contribution in [1.29, 1.82) is 0 Å². The number of benzene rings is 3. The van der Waals surface area contributed by atoms with Gasteiger partial charge in [0, 0.05) is 23.8 Å². The highest BCUT2D eigenvalue weighted by Gasteiger charge is 2.11. The molecule has 4 rings (SSSR count). The summed E-state index contributed by atoms with van der Waals surface area (Å²) >= 11 is 0. The fourth-order valence-electron chi connectivity index (χ4n) is 3.25. The van der Waals surface area contributed by atoms with Crippen LogP contribution in [0.3, 0.4) is 0 Å². The minimum Gasteiger partial charge on any atom is -0.464 e. The van der Waals surface area contributed by atoms with Crippen LogP contribution < -0.4 is 4.74 Å². The van der Waals surface area contributed by atoms with Crippen molar-refractivity contribution in [2.24, 2.45) is 0 Å². The lowest BCUT2D eigenvalue weighted by atomic mass is 10.0. The van der Waals surface area contributed by atoms with Crippen LogP contribution >= 0.6 is 0 Å². The molecular formula is C24H20O3. The van der Waals surface area contributed by atoms with Crippen LogP contribution in [0.2, 0.25) is 0 Å². The monoisotopic (exact) mass is 356 g/mol. The van der Waals surface area contributed by atoms with Gasteiger partial charge in [-0.2, -0.15) is 0 Å². The number of hydrogen-bond acceptors (Lipinski definition) is 3. The first-order valence-corrected chi connectivity index (χ1v) is 8.98. The average Bonchev–Trinajstić information content (AvgIpc) is 3.15. The Kier molecular flexibility index (Phi) is 4.75. The van der Waals surface area contributed by atoms with Crippen molar-refractivity contribution in [1.82, 2.24) is 0 Å². The van der Waals surface area contributed by atoms with Gasteiger partial charge in [0.15, 0.2) is 0 Å². The van der Waals surface area contributed by atoms with Gasteiger partial charge in [0.25, 0.3) is 0 Å². The molecule has 134 valence electrons. The Hall–Kier alpha value is -3.33. The molecule has 0 aliphatic carbocycles. The molecule has 27 heavy (non-hydrogen) atoms. The molecular weight excluding hydrogens is 336 g/mol. The van der Waals surface area contributed by atoms with E-state index in [4.69, 9.17) is 9.15 Å². The van der Waals surface area contributed by atoms with Gasteiger partial charge in [0.2, 0.25) is 0 Å². The zero-order valence-electron chi connectivity index (χ0n) is 15.1. The van der Waals surface area contributed by atoms with Crippen molar-refractivity contribution >= 4 is 16.8 Å². The van der Waals surface area contributed by atoms with Gasteiger partial charge in [-0.3, -0.25) is 4.79 Å². The largest absolute Gasteiger partial charge is 0.464 e. The van der Waals surface area contributed by atoms with E-state index in [1.807, 2.05) is 79.7 Å². The normalized spacial score (nSPS) is 10.9. The second-order valence-electron chi connectivity index (χ2n) is 6.66. The SMILES string of the molecule is Cc1cc(CC(=O)Cc2cccc3ccoc23)ccc1Oc1ccccc1. The molecule has 0 bridgehead atoms. The topological polar surface area (TPSA) is 39.4 Å². The predicted molar refractivity (Wildman–Crippen MR) is 106 cm³/mol. The van der Waals surface area contributed by atoms with E-state index in [1.54, 1.807) is 6.26 Å². The predicted octanol–water partition coefficient (Wildman–Crippen LogP) is 5.89. The highest BCUT2D eigenvalue weighted by molar-refractivity contribution is 5.88. The number of para-hydroxylation sites is 2. The molecule has 0 aliphatic heterocycles. The molecule has 0 radical (unpaired) electrons. The maximum Gasteiger partial charge on any atom is 0.141 e. The molecule has 0 saturated heterocycles. The summed E-state index contributed by atoms with van der Waals surface area (Å²) in [5.74, 6) is 1.77. The summed E-state index contributed by atoms with van der Waals surface area (Å²) < 4.78 is 11.4. The Morgan fingerprint density at radius 1 is 0.926 bits per heavy atom. The third kappa shape index (κ3) is 3.93. The summed E-state index contributed by atoms with van der Waals surface area (Å²) in [5, 5.41) is 1.03. The molecule has 1 aromatic heterocycles. The standard InChI is InChI=1S/C24H20O3/c1-17-14-18(10-11-23(17)27-22-8-3-2-4-9-22)15-21(25)16-20-7-5-6-19-12-13-26-24(19)20/h2-14H,15-16H2,1H3. The number of Topliss-reactive ketones (excluding diaryl/α,β-unsaturated/α-hetero) is 1. The van der Waals surface area contributed by atoms with Crippen LogP contribution in [0.1, 0.15) is 16.7 Å². The van der Waals surface area contributed by atoms with Crippen molar-refractivity contribution in [3.63, 3.8) is 0 Å². The molecule has 0 atom stereocenters. The summed E-state index contributed by atoms with van der Waals surface area (Å²) in [5.41, 5.74) is 3.73. The van der Waals surface area contributed by atoms with Gasteiger partial charge in [-0.05, 0) is 42.3 Å². The lowest BCUT2D eigenvalue weighted by molar-refractivity contribution is -0.117. The lowest BCUT2D eigenvalue weighted by Crippen LogP contribution is -2.07. The smallest absolute Gasteiger partial charge is 0.141 e. The zero-order chi connectivity index (χ0) is 18.6. The number of carbonyl (C=O) groups excluding carboxylic acids is 1. The molecule has 3 heteroatoms. The van der Waals surface area contributed by atoms with Crippen LogP contribution in [0.15, 0.2) is 83.5 Å². The molecule has 0 aliphatic rings. The Bertz CT molecular complexity index is 1080. The van der Waals surface area contributed by atoms with Crippen molar-refractivity contribution in [2.45, 2.75) is 19.8 Å². The van der Waals surface area contributed by atoms with E-state index < -0.39 is 0 Å². The average molecular weight is 356 g/mol. The fourth-order valence-corrected chi connectivity index (χ4v) is 3.25. The van der Waals surface area contributed by atoms with Gasteiger partial charge < -0.3 is 9.15 Å². The number of hydrogen-bond donors (Lipinski definition) is 0. The number of ether oxygens (including phenoxy) is 1. The molecule has 0 spiro atoms. The molecule has 0 fully saturated rings. The molecule has 1 heterocycles. The molecule has 0 amide bonds. The number of fused-ring (bicyclic) bond motifs is 1. The van der Waals surface area contributed by atoms with Crippen LogP contribution in [0.4, 0.5) is 0 Å². The maximum atomic E-state index is 12.6. The van der Waals surface area contributed by atoms with E-state index in [0.717, 1.165) is 39.2 Å². The number of furan rings is 1. The lowest BCUT2D eigenvalue weighted by Gasteiger charge is -2.10. The van der Waals surface area contributed by atoms with Crippen molar-refractivity contribution < 1.29 is 13.9 Å². The van der Waals surface area contributed by atoms with Gasteiger partial charge in [-0.15, -0.1) is 0 Å². The van der Waals surface area contributed by atoms with Crippen molar-refractivity contribution in [3.8, 4) is 11.5 Å². The summed E-state index contributed by atoms with van der Waals surface area (Å²) in [6.07, 6.45) is 2.42. The first-order valence-electron chi connectivity index (χ1n) is 8.98. The van der Waals surface area contributed by atoms with Gasteiger partial charge in [-0.25, -0.2) is 0 Å². The summed E-state index contributed by atoms with van der Waals surface area (Å²) in [6.45, 7) is 2.00. The molecule has 0 saturated carbocycles. The van der Waals surface area contributed by atoms with E-state index in [0.29, 0.717) is 12.8 Å². The summed E-state index contributed by atoms with van der Waals surface area (Å²) in [7, 11) is 0. The van der Waals surface area contributed by atoms with Gasteiger partial charge in [0.1, 0.15) is 22.9 Å². The quantitative estimate of drug-likeness (QED) is 0.432. The zero-order valence-corrected chi connectivity index (χ0v) is 15.1. The highest BCUT2D eigenvalue weighted by atomic mass is 16.5. The Labute approximate surface area is 158 Å². The number of rotatable bonds is 6. The number of carbonyl (C=O) groups is 1.